The van der Waals surface area contributed by atoms with E-state index in [-0.39, 0.29) is 5.97 Å². The average Bonchev–Trinajstić information content (AvgIpc) is 2.99. The standard InChI is InChI=1S/C15H15ClO2/c16-14-5-3-11(4-6-14)15(17)18-9-13-8-10-1-2-12(13)7-10/h1-6,10,12-13H,7-9H2/t10-,12+,13+/m1/s1. The molecule has 0 saturated heterocycles. The topological polar surface area (TPSA) is 26.3 Å². The fourth-order valence-electron chi connectivity index (χ4n) is 2.94. The minimum absolute atomic E-state index is 0.251. The van der Waals surface area contributed by atoms with Gasteiger partial charge in [0.25, 0.3) is 0 Å². The summed E-state index contributed by atoms with van der Waals surface area (Å²) in [6.45, 7) is 0.535. The zero-order valence-corrected chi connectivity index (χ0v) is 10.8. The van der Waals surface area contributed by atoms with Crippen molar-refractivity contribution in [1.82, 2.24) is 0 Å². The van der Waals surface area contributed by atoms with E-state index in [2.05, 4.69) is 12.2 Å². The van der Waals surface area contributed by atoms with Gasteiger partial charge < -0.3 is 4.74 Å². The number of halogens is 1. The van der Waals surface area contributed by atoms with Crippen LogP contribution in [0.2, 0.25) is 5.02 Å². The first-order valence-corrected chi connectivity index (χ1v) is 6.71. The molecule has 1 aromatic carbocycles. The number of allylic oxidation sites excluding steroid dienone is 2. The van der Waals surface area contributed by atoms with Gasteiger partial charge >= 0.3 is 5.97 Å². The van der Waals surface area contributed by atoms with Gasteiger partial charge in [0.05, 0.1) is 12.2 Å². The van der Waals surface area contributed by atoms with Gasteiger partial charge in [-0.25, -0.2) is 4.79 Å². The van der Waals surface area contributed by atoms with Crippen molar-refractivity contribution in [1.29, 1.82) is 0 Å². The molecule has 0 heterocycles. The molecule has 0 spiro atoms. The summed E-state index contributed by atoms with van der Waals surface area (Å²) in [4.78, 5) is 11.8. The number of rotatable bonds is 3. The van der Waals surface area contributed by atoms with Crippen LogP contribution in [0.3, 0.4) is 0 Å². The van der Waals surface area contributed by atoms with E-state index in [0.717, 1.165) is 6.42 Å². The van der Waals surface area contributed by atoms with Crippen molar-refractivity contribution in [3.05, 3.63) is 47.0 Å². The van der Waals surface area contributed by atoms with Crippen LogP contribution in [-0.4, -0.2) is 12.6 Å². The molecule has 1 aromatic rings. The molecule has 0 amide bonds. The minimum Gasteiger partial charge on any atom is -0.462 e. The SMILES string of the molecule is O=C(OC[C@@H]1C[C@@H]2C=C[C@H]1C2)c1ccc(Cl)cc1. The molecule has 1 saturated carbocycles. The molecule has 3 atom stereocenters. The molecule has 2 aliphatic carbocycles. The summed E-state index contributed by atoms with van der Waals surface area (Å²) in [5.41, 5.74) is 0.568. The lowest BCUT2D eigenvalue weighted by Gasteiger charge is -2.17. The zero-order chi connectivity index (χ0) is 12.5. The van der Waals surface area contributed by atoms with Crippen molar-refractivity contribution in [2.24, 2.45) is 17.8 Å². The summed E-state index contributed by atoms with van der Waals surface area (Å²) in [5, 5.41) is 0.629. The molecule has 2 aliphatic rings. The second-order valence-electron chi connectivity index (χ2n) is 5.15. The van der Waals surface area contributed by atoms with Gasteiger partial charge in [-0.15, -0.1) is 0 Å². The van der Waals surface area contributed by atoms with Crippen molar-refractivity contribution in [2.45, 2.75) is 12.8 Å². The molecule has 3 rings (SSSR count). The fourth-order valence-corrected chi connectivity index (χ4v) is 3.06. The number of benzene rings is 1. The molecule has 1 fully saturated rings. The maximum Gasteiger partial charge on any atom is 0.338 e. The van der Waals surface area contributed by atoms with Crippen molar-refractivity contribution >= 4 is 17.6 Å². The van der Waals surface area contributed by atoms with E-state index in [1.165, 1.54) is 6.42 Å². The molecule has 2 nitrogen and oxygen atoms in total. The van der Waals surface area contributed by atoms with Crippen LogP contribution in [0, 0.1) is 17.8 Å². The van der Waals surface area contributed by atoms with Crippen LogP contribution in [0.1, 0.15) is 23.2 Å². The largest absolute Gasteiger partial charge is 0.462 e. The molecular formula is C15H15ClO2. The Morgan fingerprint density at radius 2 is 2.00 bits per heavy atom. The number of ether oxygens (including phenoxy) is 1. The Morgan fingerprint density at radius 1 is 1.22 bits per heavy atom. The molecule has 0 aromatic heterocycles. The third-order valence-electron chi connectivity index (χ3n) is 3.92. The Labute approximate surface area is 112 Å². The van der Waals surface area contributed by atoms with Crippen LogP contribution < -0.4 is 0 Å². The monoisotopic (exact) mass is 262 g/mol. The first-order chi connectivity index (χ1) is 8.72. The van der Waals surface area contributed by atoms with E-state index in [1.807, 2.05) is 0 Å². The van der Waals surface area contributed by atoms with Crippen LogP contribution in [0.4, 0.5) is 0 Å². The molecule has 94 valence electrons. The van der Waals surface area contributed by atoms with E-state index < -0.39 is 0 Å². The second kappa shape index (κ2) is 4.77. The molecule has 0 radical (unpaired) electrons. The van der Waals surface area contributed by atoms with E-state index in [1.54, 1.807) is 24.3 Å². The van der Waals surface area contributed by atoms with Crippen LogP contribution >= 0.6 is 11.6 Å². The molecule has 2 bridgehead atoms. The molecule has 18 heavy (non-hydrogen) atoms. The number of esters is 1. The van der Waals surface area contributed by atoms with Gasteiger partial charge in [-0.05, 0) is 54.9 Å². The maximum atomic E-state index is 11.8. The lowest BCUT2D eigenvalue weighted by molar-refractivity contribution is 0.0421. The van der Waals surface area contributed by atoms with Gasteiger partial charge in [-0.3, -0.25) is 0 Å². The van der Waals surface area contributed by atoms with E-state index in [0.29, 0.717) is 34.9 Å². The van der Waals surface area contributed by atoms with E-state index >= 15 is 0 Å². The highest BCUT2D eigenvalue weighted by Gasteiger charge is 2.36. The van der Waals surface area contributed by atoms with Crippen molar-refractivity contribution < 1.29 is 9.53 Å². The number of fused-ring (bicyclic) bond motifs is 2. The lowest BCUT2D eigenvalue weighted by atomic mass is 9.95. The third-order valence-corrected chi connectivity index (χ3v) is 4.18. The Hall–Kier alpha value is -1.28. The Balaban J connectivity index is 1.56. The van der Waals surface area contributed by atoms with E-state index in [9.17, 15) is 4.79 Å². The maximum absolute atomic E-state index is 11.8. The van der Waals surface area contributed by atoms with Crippen LogP contribution in [0.5, 0.6) is 0 Å². The highest BCUT2D eigenvalue weighted by molar-refractivity contribution is 6.30. The predicted octanol–water partition coefficient (Wildman–Crippen LogP) is 3.71. The molecule has 0 unspecified atom stereocenters. The zero-order valence-electron chi connectivity index (χ0n) is 10.0. The minimum atomic E-state index is -0.251. The molecule has 0 N–H and O–H groups in total. The first-order valence-electron chi connectivity index (χ1n) is 6.33. The van der Waals surface area contributed by atoms with Crippen LogP contribution in [0.25, 0.3) is 0 Å². The van der Waals surface area contributed by atoms with Crippen molar-refractivity contribution in [2.75, 3.05) is 6.61 Å². The Kier molecular flexibility index (Phi) is 3.13. The van der Waals surface area contributed by atoms with Gasteiger partial charge in [0.1, 0.15) is 0 Å². The fraction of sp³-hybridized carbons (Fsp3) is 0.400. The van der Waals surface area contributed by atoms with E-state index in [4.69, 9.17) is 16.3 Å². The summed E-state index contributed by atoms with van der Waals surface area (Å²) >= 11 is 5.78. The summed E-state index contributed by atoms with van der Waals surface area (Å²) in [7, 11) is 0. The molecule has 0 aliphatic heterocycles. The predicted molar refractivity (Wildman–Crippen MR) is 70.6 cm³/mol. The van der Waals surface area contributed by atoms with Gasteiger partial charge in [-0.1, -0.05) is 23.8 Å². The Morgan fingerprint density at radius 3 is 2.61 bits per heavy atom. The first kappa shape index (κ1) is 11.8. The highest BCUT2D eigenvalue weighted by Crippen LogP contribution is 2.43. The second-order valence-corrected chi connectivity index (χ2v) is 5.58. The normalized spacial score (nSPS) is 28.6. The third kappa shape index (κ3) is 2.30. The Bertz CT molecular complexity index is 478. The van der Waals surface area contributed by atoms with Gasteiger partial charge in [0.2, 0.25) is 0 Å². The van der Waals surface area contributed by atoms with Gasteiger partial charge in [0.15, 0.2) is 0 Å². The summed E-state index contributed by atoms with van der Waals surface area (Å²) in [6, 6.07) is 6.81. The van der Waals surface area contributed by atoms with Crippen LogP contribution in [-0.2, 0) is 4.74 Å². The molecule has 3 heteroatoms. The number of hydrogen-bond acceptors (Lipinski definition) is 2. The summed E-state index contributed by atoms with van der Waals surface area (Å²) in [5.74, 6) is 1.59. The molecular weight excluding hydrogens is 248 g/mol. The van der Waals surface area contributed by atoms with Crippen molar-refractivity contribution in [3.63, 3.8) is 0 Å². The highest BCUT2D eigenvalue weighted by atomic mass is 35.5. The number of carbonyl (C=O) groups is 1. The van der Waals surface area contributed by atoms with Crippen LogP contribution in [0.15, 0.2) is 36.4 Å². The summed E-state index contributed by atoms with van der Waals surface area (Å²) < 4.78 is 5.39. The number of hydrogen-bond donors (Lipinski definition) is 0. The average molecular weight is 263 g/mol. The lowest BCUT2D eigenvalue weighted by Crippen LogP contribution is -2.17. The smallest absolute Gasteiger partial charge is 0.338 e. The van der Waals surface area contributed by atoms with Gasteiger partial charge in [0, 0.05) is 5.02 Å². The number of carbonyl (C=O) groups excluding carboxylic acids is 1. The van der Waals surface area contributed by atoms with Crippen molar-refractivity contribution in [3.8, 4) is 0 Å². The van der Waals surface area contributed by atoms with Gasteiger partial charge in [-0.2, -0.15) is 0 Å². The summed E-state index contributed by atoms with van der Waals surface area (Å²) in [6.07, 6.45) is 6.97. The quantitative estimate of drug-likeness (QED) is 0.613.